The molecule has 1 aliphatic heterocycles. The lowest BCUT2D eigenvalue weighted by atomic mass is 9.98. The maximum atomic E-state index is 13.6. The molecular formula is C19H27FN6O2. The van der Waals surface area contributed by atoms with Gasteiger partial charge < -0.3 is 10.0 Å². The molecule has 3 rings (SSSR count). The molecule has 0 saturated carbocycles. The average molecular weight is 390 g/mol. The molecule has 28 heavy (non-hydrogen) atoms. The van der Waals surface area contributed by atoms with Crippen molar-refractivity contribution in [3.63, 3.8) is 0 Å². The van der Waals surface area contributed by atoms with E-state index in [2.05, 4.69) is 20.4 Å². The van der Waals surface area contributed by atoms with Crippen LogP contribution in [0.25, 0.3) is 0 Å². The van der Waals surface area contributed by atoms with Crippen molar-refractivity contribution >= 4 is 6.09 Å². The van der Waals surface area contributed by atoms with E-state index >= 15 is 0 Å². The largest absolute Gasteiger partial charge is 0.465 e. The second-order valence-corrected chi connectivity index (χ2v) is 8.40. The highest BCUT2D eigenvalue weighted by atomic mass is 19.1. The fourth-order valence-corrected chi connectivity index (χ4v) is 3.76. The summed E-state index contributed by atoms with van der Waals surface area (Å²) in [7, 11) is 0. The molecule has 8 nitrogen and oxygen atoms in total. The SMILES string of the molecule is C[C@@H]1CN(C(=O)O)[C@@H](C)CN1C(c1ccc(F)cc1)c1nnnn1C(C)(C)C. The Morgan fingerprint density at radius 2 is 1.82 bits per heavy atom. The quantitative estimate of drug-likeness (QED) is 0.867. The summed E-state index contributed by atoms with van der Waals surface area (Å²) in [5, 5.41) is 21.8. The molecule has 2 aromatic rings. The number of aromatic nitrogens is 4. The molecule has 152 valence electrons. The molecule has 1 saturated heterocycles. The van der Waals surface area contributed by atoms with Crippen LogP contribution in [0.15, 0.2) is 24.3 Å². The first-order valence-corrected chi connectivity index (χ1v) is 9.39. The third-order valence-corrected chi connectivity index (χ3v) is 5.17. The van der Waals surface area contributed by atoms with Crippen LogP contribution in [-0.4, -0.2) is 66.4 Å². The highest BCUT2D eigenvalue weighted by molar-refractivity contribution is 5.65. The lowest BCUT2D eigenvalue weighted by molar-refractivity contribution is 0.0244. The summed E-state index contributed by atoms with van der Waals surface area (Å²) in [6, 6.07) is 5.77. The molecule has 1 aromatic carbocycles. The Morgan fingerprint density at radius 1 is 1.18 bits per heavy atom. The molecule has 1 aliphatic rings. The maximum Gasteiger partial charge on any atom is 0.407 e. The van der Waals surface area contributed by atoms with Gasteiger partial charge in [-0.1, -0.05) is 12.1 Å². The molecule has 9 heteroatoms. The van der Waals surface area contributed by atoms with Crippen LogP contribution in [0.5, 0.6) is 0 Å². The minimum Gasteiger partial charge on any atom is -0.465 e. The molecule has 1 aromatic heterocycles. The number of carbonyl (C=O) groups is 1. The van der Waals surface area contributed by atoms with Crippen molar-refractivity contribution in [3.05, 3.63) is 41.5 Å². The normalized spacial score (nSPS) is 22.3. The van der Waals surface area contributed by atoms with E-state index in [1.54, 1.807) is 16.8 Å². The molecule has 0 aliphatic carbocycles. The molecule has 0 radical (unpaired) electrons. The standard InChI is InChI=1S/C19H27FN6O2/c1-12-11-25(18(27)28)13(2)10-24(12)16(14-6-8-15(20)9-7-14)17-21-22-23-26(17)19(3,4)5/h6-9,12-13,16H,10-11H2,1-5H3,(H,27,28)/t12-,13+,16?/m1/s1. The van der Waals surface area contributed by atoms with Crippen LogP contribution in [0.3, 0.4) is 0 Å². The monoisotopic (exact) mass is 390 g/mol. The molecule has 1 unspecified atom stereocenters. The summed E-state index contributed by atoms with van der Waals surface area (Å²) >= 11 is 0. The number of carboxylic acid groups (broad SMARTS) is 1. The fourth-order valence-electron chi connectivity index (χ4n) is 3.76. The molecule has 2 heterocycles. The second-order valence-electron chi connectivity index (χ2n) is 8.40. The Kier molecular flexibility index (Phi) is 5.38. The van der Waals surface area contributed by atoms with Gasteiger partial charge in [-0.25, -0.2) is 13.9 Å². The predicted octanol–water partition coefficient (Wildman–Crippen LogP) is 2.73. The van der Waals surface area contributed by atoms with Crippen molar-refractivity contribution in [2.45, 2.75) is 58.3 Å². The third-order valence-electron chi connectivity index (χ3n) is 5.17. The Labute approximate surface area is 163 Å². The number of nitrogens with zero attached hydrogens (tertiary/aromatic N) is 6. The number of halogens is 1. The van der Waals surface area contributed by atoms with Gasteiger partial charge in [0.05, 0.1) is 11.6 Å². The topological polar surface area (TPSA) is 87.4 Å². The van der Waals surface area contributed by atoms with Gasteiger partial charge >= 0.3 is 6.09 Å². The van der Waals surface area contributed by atoms with Crippen molar-refractivity contribution in [2.75, 3.05) is 13.1 Å². The Balaban J connectivity index is 2.07. The first-order valence-electron chi connectivity index (χ1n) is 9.39. The number of tetrazole rings is 1. The van der Waals surface area contributed by atoms with E-state index in [9.17, 15) is 14.3 Å². The Morgan fingerprint density at radius 3 is 2.39 bits per heavy atom. The van der Waals surface area contributed by atoms with Gasteiger partial charge in [-0.05, 0) is 62.7 Å². The van der Waals surface area contributed by atoms with Crippen molar-refractivity contribution in [3.8, 4) is 0 Å². The first-order chi connectivity index (χ1) is 13.1. The van der Waals surface area contributed by atoms with Crippen molar-refractivity contribution in [1.29, 1.82) is 0 Å². The van der Waals surface area contributed by atoms with E-state index < -0.39 is 6.09 Å². The molecule has 1 N–H and O–H groups in total. The van der Waals surface area contributed by atoms with Gasteiger partial charge in [-0.2, -0.15) is 0 Å². The molecular weight excluding hydrogens is 363 g/mol. The number of hydrogen-bond donors (Lipinski definition) is 1. The van der Waals surface area contributed by atoms with Gasteiger partial charge in [0.1, 0.15) is 5.82 Å². The van der Waals surface area contributed by atoms with Crippen LogP contribution in [0, 0.1) is 5.82 Å². The van der Waals surface area contributed by atoms with Gasteiger partial charge in [0.25, 0.3) is 0 Å². The van der Waals surface area contributed by atoms with E-state index in [0.717, 1.165) is 5.56 Å². The lowest BCUT2D eigenvalue weighted by Crippen LogP contribution is -2.58. The molecule has 0 spiro atoms. The third kappa shape index (κ3) is 3.84. The summed E-state index contributed by atoms with van der Waals surface area (Å²) < 4.78 is 15.3. The lowest BCUT2D eigenvalue weighted by Gasteiger charge is -2.46. The minimum atomic E-state index is -0.920. The number of rotatable bonds is 3. The summed E-state index contributed by atoms with van der Waals surface area (Å²) in [5.74, 6) is 0.344. The van der Waals surface area contributed by atoms with E-state index in [1.165, 1.54) is 17.0 Å². The van der Waals surface area contributed by atoms with Crippen molar-refractivity contribution in [2.24, 2.45) is 0 Å². The van der Waals surface area contributed by atoms with E-state index in [4.69, 9.17) is 0 Å². The smallest absolute Gasteiger partial charge is 0.407 e. The number of piperazine rings is 1. The summed E-state index contributed by atoms with van der Waals surface area (Å²) in [6.07, 6.45) is -0.920. The van der Waals surface area contributed by atoms with Gasteiger partial charge in [0, 0.05) is 25.2 Å². The van der Waals surface area contributed by atoms with Crippen LogP contribution in [0.1, 0.15) is 52.0 Å². The van der Waals surface area contributed by atoms with Crippen LogP contribution in [0.4, 0.5) is 9.18 Å². The second kappa shape index (κ2) is 7.46. The average Bonchev–Trinajstić information content (AvgIpc) is 3.09. The van der Waals surface area contributed by atoms with Gasteiger partial charge in [-0.3, -0.25) is 4.90 Å². The van der Waals surface area contributed by atoms with Gasteiger partial charge in [-0.15, -0.1) is 5.10 Å². The fraction of sp³-hybridized carbons (Fsp3) is 0.579. The zero-order valence-corrected chi connectivity index (χ0v) is 16.9. The Bertz CT molecular complexity index is 832. The molecule has 1 amide bonds. The van der Waals surface area contributed by atoms with Crippen LogP contribution < -0.4 is 0 Å². The van der Waals surface area contributed by atoms with E-state index in [-0.39, 0.29) is 29.5 Å². The van der Waals surface area contributed by atoms with Crippen LogP contribution in [0.2, 0.25) is 0 Å². The minimum absolute atomic E-state index is 0.0625. The zero-order chi connectivity index (χ0) is 20.6. The summed E-state index contributed by atoms with van der Waals surface area (Å²) in [4.78, 5) is 15.2. The molecule has 1 fully saturated rings. The Hall–Kier alpha value is -2.55. The molecule has 0 bridgehead atoms. The predicted molar refractivity (Wildman–Crippen MR) is 101 cm³/mol. The van der Waals surface area contributed by atoms with E-state index in [1.807, 2.05) is 34.6 Å². The number of hydrogen-bond acceptors (Lipinski definition) is 5. The van der Waals surface area contributed by atoms with Crippen molar-refractivity contribution < 1.29 is 14.3 Å². The van der Waals surface area contributed by atoms with Gasteiger partial charge in [0.15, 0.2) is 5.82 Å². The summed E-state index contributed by atoms with van der Waals surface area (Å²) in [5.41, 5.74) is 0.527. The maximum absolute atomic E-state index is 13.6. The van der Waals surface area contributed by atoms with Gasteiger partial charge in [0.2, 0.25) is 0 Å². The van der Waals surface area contributed by atoms with Crippen molar-refractivity contribution in [1.82, 2.24) is 30.0 Å². The first kappa shape index (κ1) is 20.2. The summed E-state index contributed by atoms with van der Waals surface area (Å²) in [6.45, 7) is 10.8. The zero-order valence-electron chi connectivity index (χ0n) is 16.9. The van der Waals surface area contributed by atoms with Crippen LogP contribution >= 0.6 is 0 Å². The molecule has 3 atom stereocenters. The highest BCUT2D eigenvalue weighted by Crippen LogP contribution is 2.33. The number of amides is 1. The highest BCUT2D eigenvalue weighted by Gasteiger charge is 2.39. The van der Waals surface area contributed by atoms with E-state index in [0.29, 0.717) is 18.9 Å². The number of benzene rings is 1. The van der Waals surface area contributed by atoms with Crippen LogP contribution in [-0.2, 0) is 5.54 Å².